The SMILES string of the molecule is Cc1ccc(-n2c(=O)/c(=C\c3ccc(OC(F)F)cc3)s/c2=C(/C#N)C(=O)C(C)(C)C)c(C)c1. The lowest BCUT2D eigenvalue weighted by Crippen LogP contribution is -2.33. The molecule has 3 aromatic rings. The first kappa shape index (κ1) is 25.1. The lowest BCUT2D eigenvalue weighted by Gasteiger charge is -2.15. The van der Waals surface area contributed by atoms with Crippen molar-refractivity contribution in [2.75, 3.05) is 0 Å². The maximum atomic E-state index is 13.5. The number of hydrogen-bond donors (Lipinski definition) is 0. The summed E-state index contributed by atoms with van der Waals surface area (Å²) in [7, 11) is 0. The molecule has 2 aromatic carbocycles. The van der Waals surface area contributed by atoms with E-state index in [1.165, 1.54) is 16.7 Å². The summed E-state index contributed by atoms with van der Waals surface area (Å²) in [5, 5.41) is 9.89. The minimum absolute atomic E-state index is 0.00239. The number of halogens is 2. The van der Waals surface area contributed by atoms with Gasteiger partial charge in [-0.05, 0) is 49.2 Å². The van der Waals surface area contributed by atoms with Crippen LogP contribution in [-0.4, -0.2) is 17.0 Å². The Labute approximate surface area is 199 Å². The van der Waals surface area contributed by atoms with Gasteiger partial charge in [0.05, 0.1) is 10.2 Å². The highest BCUT2D eigenvalue weighted by molar-refractivity contribution is 7.07. The molecule has 0 radical (unpaired) electrons. The number of ketones is 1. The van der Waals surface area contributed by atoms with E-state index in [4.69, 9.17) is 0 Å². The summed E-state index contributed by atoms with van der Waals surface area (Å²) in [6, 6.07) is 13.4. The van der Waals surface area contributed by atoms with Gasteiger partial charge in [-0.3, -0.25) is 14.2 Å². The Hall–Kier alpha value is -3.57. The summed E-state index contributed by atoms with van der Waals surface area (Å²) in [6.45, 7) is 6.02. The van der Waals surface area contributed by atoms with Gasteiger partial charge in [0.15, 0.2) is 5.78 Å². The molecule has 0 fully saturated rings. The molecule has 0 spiro atoms. The molecule has 0 saturated carbocycles. The maximum absolute atomic E-state index is 13.5. The van der Waals surface area contributed by atoms with Crippen molar-refractivity contribution >= 4 is 28.8 Å². The summed E-state index contributed by atoms with van der Waals surface area (Å²) in [4.78, 5) is 26.6. The van der Waals surface area contributed by atoms with Crippen LogP contribution in [0.25, 0.3) is 17.3 Å². The van der Waals surface area contributed by atoms with E-state index in [1.807, 2.05) is 32.0 Å². The zero-order valence-electron chi connectivity index (χ0n) is 19.5. The van der Waals surface area contributed by atoms with Crippen LogP contribution in [0.4, 0.5) is 8.78 Å². The van der Waals surface area contributed by atoms with Gasteiger partial charge in [-0.1, -0.05) is 50.6 Å². The van der Waals surface area contributed by atoms with Gasteiger partial charge in [0, 0.05) is 5.41 Å². The molecule has 3 rings (SSSR count). The zero-order chi connectivity index (χ0) is 25.2. The van der Waals surface area contributed by atoms with E-state index in [0.29, 0.717) is 15.8 Å². The largest absolute Gasteiger partial charge is 0.435 e. The van der Waals surface area contributed by atoms with E-state index in [0.717, 1.165) is 22.5 Å². The number of ether oxygens (including phenoxy) is 1. The van der Waals surface area contributed by atoms with Gasteiger partial charge in [-0.15, -0.1) is 11.3 Å². The molecule has 0 N–H and O–H groups in total. The number of alkyl halides is 2. The van der Waals surface area contributed by atoms with Gasteiger partial charge in [0.2, 0.25) is 0 Å². The van der Waals surface area contributed by atoms with Gasteiger partial charge in [0.25, 0.3) is 5.56 Å². The Kier molecular flexibility index (Phi) is 7.18. The van der Waals surface area contributed by atoms with E-state index in [9.17, 15) is 23.6 Å². The first-order chi connectivity index (χ1) is 15.9. The van der Waals surface area contributed by atoms with E-state index in [-0.39, 0.29) is 27.3 Å². The van der Waals surface area contributed by atoms with Crippen molar-refractivity contribution in [2.45, 2.75) is 41.2 Å². The van der Waals surface area contributed by atoms with E-state index in [2.05, 4.69) is 4.74 Å². The second-order valence-corrected chi connectivity index (χ2v) is 9.89. The fourth-order valence-electron chi connectivity index (χ4n) is 3.39. The van der Waals surface area contributed by atoms with Gasteiger partial charge < -0.3 is 4.74 Å². The van der Waals surface area contributed by atoms with Crippen molar-refractivity contribution in [3.63, 3.8) is 0 Å². The molecule has 34 heavy (non-hydrogen) atoms. The number of aromatic nitrogens is 1. The predicted molar refractivity (Wildman–Crippen MR) is 129 cm³/mol. The molecule has 0 aliphatic heterocycles. The normalized spacial score (nSPS) is 13.1. The first-order valence-electron chi connectivity index (χ1n) is 10.5. The average molecular weight is 483 g/mol. The maximum Gasteiger partial charge on any atom is 0.387 e. The lowest BCUT2D eigenvalue weighted by atomic mass is 9.87. The van der Waals surface area contributed by atoms with E-state index < -0.39 is 12.0 Å². The third-order valence-corrected chi connectivity index (χ3v) is 6.15. The lowest BCUT2D eigenvalue weighted by molar-refractivity contribution is -0.120. The average Bonchev–Trinajstić information content (AvgIpc) is 3.05. The van der Waals surface area contributed by atoms with Gasteiger partial charge in [-0.25, -0.2) is 0 Å². The molecule has 1 aromatic heterocycles. The quantitative estimate of drug-likeness (QED) is 0.546. The smallest absolute Gasteiger partial charge is 0.387 e. The fraction of sp³-hybridized carbons (Fsp3) is 0.269. The number of hydrogen-bond acceptors (Lipinski definition) is 5. The van der Waals surface area contributed by atoms with Crippen molar-refractivity contribution in [3.05, 3.63) is 78.7 Å². The molecule has 8 heteroatoms. The van der Waals surface area contributed by atoms with Crippen LogP contribution in [0.1, 0.15) is 37.5 Å². The van der Waals surface area contributed by atoms with E-state index >= 15 is 0 Å². The molecule has 0 saturated heterocycles. The number of nitrogens with zero attached hydrogens (tertiary/aromatic N) is 2. The number of aryl methyl sites for hydroxylation is 2. The highest BCUT2D eigenvalue weighted by Gasteiger charge is 2.27. The third kappa shape index (κ3) is 5.32. The summed E-state index contributed by atoms with van der Waals surface area (Å²) in [6.07, 6.45) is 1.60. The molecule has 5 nitrogen and oxygen atoms in total. The van der Waals surface area contributed by atoms with Crippen molar-refractivity contribution in [1.29, 1.82) is 5.26 Å². The zero-order valence-corrected chi connectivity index (χ0v) is 20.3. The van der Waals surface area contributed by atoms with Crippen LogP contribution >= 0.6 is 11.3 Å². The van der Waals surface area contributed by atoms with Gasteiger partial charge in [0.1, 0.15) is 22.1 Å². The van der Waals surface area contributed by atoms with Crippen LogP contribution in [0, 0.1) is 30.6 Å². The van der Waals surface area contributed by atoms with Crippen LogP contribution < -0.4 is 19.5 Å². The minimum Gasteiger partial charge on any atom is -0.435 e. The second-order valence-electron chi connectivity index (χ2n) is 8.86. The first-order valence-corrected chi connectivity index (χ1v) is 11.3. The Morgan fingerprint density at radius 3 is 2.32 bits per heavy atom. The molecule has 0 aliphatic carbocycles. The van der Waals surface area contributed by atoms with Crippen molar-refractivity contribution in [2.24, 2.45) is 5.41 Å². The molecule has 0 amide bonds. The highest BCUT2D eigenvalue weighted by Crippen LogP contribution is 2.21. The molecule has 176 valence electrons. The number of rotatable bonds is 5. The van der Waals surface area contributed by atoms with Crippen LogP contribution in [-0.2, 0) is 4.79 Å². The molecule has 1 heterocycles. The van der Waals surface area contributed by atoms with Crippen molar-refractivity contribution in [1.82, 2.24) is 4.57 Å². The standard InChI is InChI=1S/C26H24F2N2O3S/c1-15-6-11-20(16(2)12-15)30-23(32)21(13-17-7-9-18(10-8-17)33-25(27)28)34-24(30)19(14-29)22(31)26(3,4)5/h6-13,25H,1-5H3/b21-13+,24-19-. The number of thiazole rings is 1. The Bertz CT molecular complexity index is 1450. The van der Waals surface area contributed by atoms with Crippen molar-refractivity contribution < 1.29 is 18.3 Å². The van der Waals surface area contributed by atoms with Gasteiger partial charge in [-0.2, -0.15) is 14.0 Å². The molecule has 0 unspecified atom stereocenters. The molecule has 0 bridgehead atoms. The number of nitriles is 1. The molecular weight excluding hydrogens is 458 g/mol. The predicted octanol–water partition coefficient (Wildman–Crippen LogP) is 4.24. The fourth-order valence-corrected chi connectivity index (χ4v) is 4.49. The summed E-state index contributed by atoms with van der Waals surface area (Å²) >= 11 is 1.04. The summed E-state index contributed by atoms with van der Waals surface area (Å²) in [5.41, 5.74) is 1.71. The van der Waals surface area contributed by atoms with Crippen LogP contribution in [0.5, 0.6) is 5.75 Å². The molecule has 0 aliphatic rings. The summed E-state index contributed by atoms with van der Waals surface area (Å²) < 4.78 is 31.2. The van der Waals surface area contributed by atoms with Crippen LogP contribution in [0.15, 0.2) is 47.3 Å². The van der Waals surface area contributed by atoms with Gasteiger partial charge >= 0.3 is 6.61 Å². The number of carbonyl (C=O) groups is 1. The monoisotopic (exact) mass is 482 g/mol. The Balaban J connectivity index is 2.34. The minimum atomic E-state index is -2.93. The second kappa shape index (κ2) is 9.74. The van der Waals surface area contributed by atoms with Crippen molar-refractivity contribution in [3.8, 4) is 17.5 Å². The number of benzene rings is 2. The Morgan fingerprint density at radius 1 is 1.15 bits per heavy atom. The third-order valence-electron chi connectivity index (χ3n) is 5.05. The van der Waals surface area contributed by atoms with Crippen LogP contribution in [0.2, 0.25) is 0 Å². The highest BCUT2D eigenvalue weighted by atomic mass is 32.1. The number of carbonyl (C=O) groups excluding carboxylic acids is 1. The summed E-state index contributed by atoms with van der Waals surface area (Å²) in [5.74, 6) is -0.364. The molecular formula is C26H24F2N2O3S. The topological polar surface area (TPSA) is 72.1 Å². The Morgan fingerprint density at radius 2 is 1.79 bits per heavy atom. The van der Waals surface area contributed by atoms with Crippen LogP contribution in [0.3, 0.4) is 0 Å². The van der Waals surface area contributed by atoms with E-state index in [1.54, 1.807) is 45.0 Å². The molecule has 0 atom stereocenters. The number of Topliss-reactive ketones (excluding diaryl/α,β-unsaturated/α-hetero) is 1.